The quantitative estimate of drug-likeness (QED) is 0.865. The number of nitriles is 1. The van der Waals surface area contributed by atoms with E-state index in [1.807, 2.05) is 13.8 Å². The van der Waals surface area contributed by atoms with Gasteiger partial charge in [-0.2, -0.15) is 5.26 Å². The summed E-state index contributed by atoms with van der Waals surface area (Å²) in [6.45, 7) is 15.0. The van der Waals surface area contributed by atoms with E-state index in [2.05, 4.69) is 45.3 Å². The summed E-state index contributed by atoms with van der Waals surface area (Å²) < 4.78 is 2.12. The van der Waals surface area contributed by atoms with Crippen LogP contribution in [0.4, 0.5) is 5.82 Å². The molecule has 0 spiro atoms. The zero-order valence-corrected chi connectivity index (χ0v) is 12.7. The zero-order chi connectivity index (χ0) is 14.3. The van der Waals surface area contributed by atoms with Gasteiger partial charge in [-0.1, -0.05) is 20.8 Å². The Morgan fingerprint density at radius 3 is 2.00 bits per heavy atom. The maximum Gasteiger partial charge on any atom is 0.122 e. The molecule has 1 heterocycles. The first kappa shape index (κ1) is 14.6. The molecular weight excluding hydrogens is 222 g/mol. The molecule has 100 valence electrons. The van der Waals surface area contributed by atoms with Gasteiger partial charge < -0.3 is 10.3 Å². The largest absolute Gasteiger partial charge is 0.384 e. The first-order chi connectivity index (χ1) is 8.01. The molecule has 1 rings (SSSR count). The lowest BCUT2D eigenvalue weighted by atomic mass is 9.81. The van der Waals surface area contributed by atoms with E-state index in [1.165, 1.54) is 0 Å². The van der Waals surface area contributed by atoms with E-state index in [9.17, 15) is 5.26 Å². The molecule has 0 saturated carbocycles. The van der Waals surface area contributed by atoms with Crippen LogP contribution in [0, 0.1) is 30.6 Å². The summed E-state index contributed by atoms with van der Waals surface area (Å²) in [5.74, 6) is 0.599. The van der Waals surface area contributed by atoms with Crippen molar-refractivity contribution >= 4 is 5.82 Å². The summed E-state index contributed by atoms with van der Waals surface area (Å²) in [4.78, 5) is 0. The van der Waals surface area contributed by atoms with Crippen molar-refractivity contribution in [3.8, 4) is 6.07 Å². The van der Waals surface area contributed by atoms with E-state index in [0.29, 0.717) is 11.4 Å². The smallest absolute Gasteiger partial charge is 0.122 e. The van der Waals surface area contributed by atoms with Crippen LogP contribution >= 0.6 is 0 Å². The summed E-state index contributed by atoms with van der Waals surface area (Å²) >= 11 is 0. The van der Waals surface area contributed by atoms with Crippen molar-refractivity contribution in [2.75, 3.05) is 5.73 Å². The Morgan fingerprint density at radius 1 is 1.17 bits per heavy atom. The van der Waals surface area contributed by atoms with E-state index in [4.69, 9.17) is 5.73 Å². The van der Waals surface area contributed by atoms with Gasteiger partial charge in [0.05, 0.1) is 5.56 Å². The molecule has 3 heteroatoms. The fourth-order valence-corrected chi connectivity index (χ4v) is 3.13. The minimum Gasteiger partial charge on any atom is -0.384 e. The van der Waals surface area contributed by atoms with Crippen molar-refractivity contribution in [1.82, 2.24) is 4.57 Å². The topological polar surface area (TPSA) is 54.7 Å². The number of nitrogens with two attached hydrogens (primary N) is 1. The lowest BCUT2D eigenvalue weighted by Crippen LogP contribution is -2.33. The summed E-state index contributed by atoms with van der Waals surface area (Å²) in [5.41, 5.74) is 9.00. The van der Waals surface area contributed by atoms with Crippen molar-refractivity contribution in [1.29, 1.82) is 5.26 Å². The molecule has 18 heavy (non-hydrogen) atoms. The third-order valence-corrected chi connectivity index (χ3v) is 3.43. The minimum absolute atomic E-state index is 0.0910. The highest BCUT2D eigenvalue weighted by Gasteiger charge is 2.31. The van der Waals surface area contributed by atoms with Crippen LogP contribution in [0.3, 0.4) is 0 Å². The predicted octanol–water partition coefficient (Wildman–Crippen LogP) is 3.73. The van der Waals surface area contributed by atoms with Gasteiger partial charge in [-0.15, -0.1) is 0 Å². The Hall–Kier alpha value is -1.43. The maximum absolute atomic E-state index is 9.19. The van der Waals surface area contributed by atoms with Crippen molar-refractivity contribution in [2.45, 2.75) is 60.4 Å². The second-order valence-corrected chi connectivity index (χ2v) is 6.97. The molecule has 1 aromatic heterocycles. The molecule has 0 fully saturated rings. The van der Waals surface area contributed by atoms with E-state index in [0.717, 1.165) is 17.7 Å². The Bertz CT molecular complexity index is 493. The molecule has 0 aromatic carbocycles. The van der Waals surface area contributed by atoms with E-state index < -0.39 is 0 Å². The van der Waals surface area contributed by atoms with Gasteiger partial charge in [0.2, 0.25) is 0 Å². The second kappa shape index (κ2) is 4.35. The molecule has 0 radical (unpaired) electrons. The first-order valence-electron chi connectivity index (χ1n) is 6.39. The second-order valence-electron chi connectivity index (χ2n) is 6.97. The lowest BCUT2D eigenvalue weighted by Gasteiger charge is -2.36. The van der Waals surface area contributed by atoms with Crippen LogP contribution in [0.2, 0.25) is 0 Å². The van der Waals surface area contributed by atoms with Gasteiger partial charge >= 0.3 is 0 Å². The van der Waals surface area contributed by atoms with Crippen LogP contribution in [0.5, 0.6) is 0 Å². The Kier molecular flexibility index (Phi) is 3.53. The number of hydrogen-bond acceptors (Lipinski definition) is 2. The van der Waals surface area contributed by atoms with E-state index in [1.54, 1.807) is 0 Å². The predicted molar refractivity (Wildman–Crippen MR) is 76.4 cm³/mol. The highest BCUT2D eigenvalue weighted by Crippen LogP contribution is 2.37. The molecule has 0 bridgehead atoms. The summed E-state index contributed by atoms with van der Waals surface area (Å²) in [5, 5.41) is 9.19. The summed E-state index contributed by atoms with van der Waals surface area (Å²) in [6, 6.07) is 2.21. The Labute approximate surface area is 111 Å². The van der Waals surface area contributed by atoms with Crippen LogP contribution in [0.15, 0.2) is 0 Å². The molecule has 3 nitrogen and oxygen atoms in total. The summed E-state index contributed by atoms with van der Waals surface area (Å²) in [7, 11) is 0. The highest BCUT2D eigenvalue weighted by atomic mass is 15.1. The Morgan fingerprint density at radius 2 is 1.67 bits per heavy atom. The normalized spacial score (nSPS) is 12.6. The van der Waals surface area contributed by atoms with Crippen LogP contribution in [-0.2, 0) is 5.54 Å². The molecule has 0 saturated heterocycles. The molecule has 0 aliphatic carbocycles. The van der Waals surface area contributed by atoms with E-state index >= 15 is 0 Å². The van der Waals surface area contributed by atoms with Gasteiger partial charge in [-0.3, -0.25) is 0 Å². The highest BCUT2D eigenvalue weighted by molar-refractivity contribution is 5.58. The average molecular weight is 247 g/mol. The molecule has 0 unspecified atom stereocenters. The van der Waals surface area contributed by atoms with Crippen LogP contribution in [0.25, 0.3) is 0 Å². The number of anilines is 1. The summed E-state index contributed by atoms with van der Waals surface area (Å²) in [6.07, 6.45) is 1.00. The monoisotopic (exact) mass is 247 g/mol. The fourth-order valence-electron chi connectivity index (χ4n) is 3.13. The average Bonchev–Trinajstić information content (AvgIpc) is 2.34. The van der Waals surface area contributed by atoms with Crippen molar-refractivity contribution in [3.63, 3.8) is 0 Å². The van der Waals surface area contributed by atoms with Crippen LogP contribution in [0.1, 0.15) is 57.9 Å². The molecule has 0 aliphatic rings. The maximum atomic E-state index is 9.19. The number of hydrogen-bond donors (Lipinski definition) is 1. The van der Waals surface area contributed by atoms with Crippen molar-refractivity contribution in [2.24, 2.45) is 5.41 Å². The number of rotatable bonds is 2. The van der Waals surface area contributed by atoms with Crippen LogP contribution < -0.4 is 5.73 Å². The van der Waals surface area contributed by atoms with E-state index in [-0.39, 0.29) is 11.0 Å². The molecular formula is C15H25N3. The van der Waals surface area contributed by atoms with Gasteiger partial charge in [-0.05, 0) is 45.1 Å². The number of aromatic nitrogens is 1. The van der Waals surface area contributed by atoms with Crippen molar-refractivity contribution in [3.05, 3.63) is 16.8 Å². The Balaban J connectivity index is 3.39. The minimum atomic E-state index is -0.0910. The van der Waals surface area contributed by atoms with Gasteiger partial charge in [0.25, 0.3) is 0 Å². The van der Waals surface area contributed by atoms with Gasteiger partial charge in [0.1, 0.15) is 11.9 Å². The molecule has 0 aliphatic heterocycles. The third kappa shape index (κ3) is 2.53. The molecule has 0 amide bonds. The lowest BCUT2D eigenvalue weighted by molar-refractivity contribution is 0.215. The van der Waals surface area contributed by atoms with Gasteiger partial charge in [0.15, 0.2) is 0 Å². The van der Waals surface area contributed by atoms with Gasteiger partial charge in [0, 0.05) is 11.2 Å². The number of nitrogens with zero attached hydrogens (tertiary/aromatic N) is 2. The van der Waals surface area contributed by atoms with Crippen LogP contribution in [-0.4, -0.2) is 4.57 Å². The SMILES string of the molecule is Cc1c(C#N)c(N)n(C(C)(C)CC(C)(C)C)c1C. The zero-order valence-electron chi connectivity index (χ0n) is 12.7. The fraction of sp³-hybridized carbons (Fsp3) is 0.667. The number of nitrogen functional groups attached to an aromatic ring is 1. The molecule has 0 atom stereocenters. The standard InChI is InChI=1S/C15H25N3/c1-10-11(2)18(13(17)12(10)8-16)15(6,7)9-14(3,4)5/h9,17H2,1-7H3. The molecule has 2 N–H and O–H groups in total. The third-order valence-electron chi connectivity index (χ3n) is 3.43. The first-order valence-corrected chi connectivity index (χ1v) is 6.39. The van der Waals surface area contributed by atoms with Crippen molar-refractivity contribution < 1.29 is 0 Å². The molecule has 1 aromatic rings. The van der Waals surface area contributed by atoms with Gasteiger partial charge in [-0.25, -0.2) is 0 Å².